The standard InChI is InChI=1S/C21H31N3O2.ClH/c22-18-6-4-5-16-13-20(25)19(14-17(16)18)23-11-7-15(8-12-23)21(26)24-9-2-1-3-10-24;/h4-6,15,19-20,25H,1-3,7-14,22H2;1H/t19-,20-;/m1./s1. The summed E-state index contributed by atoms with van der Waals surface area (Å²) < 4.78 is 0. The molecular formula is C21H32ClN3O2. The first kappa shape index (κ1) is 20.4. The first-order chi connectivity index (χ1) is 12.6. The van der Waals surface area contributed by atoms with Crippen molar-refractivity contribution >= 4 is 24.0 Å². The molecule has 0 bridgehead atoms. The molecule has 2 heterocycles. The van der Waals surface area contributed by atoms with Crippen LogP contribution in [0.1, 0.15) is 43.2 Å². The number of aliphatic hydroxyl groups excluding tert-OH is 1. The molecule has 1 aliphatic carbocycles. The molecule has 0 aromatic heterocycles. The Morgan fingerprint density at radius 2 is 1.74 bits per heavy atom. The fourth-order valence-corrected chi connectivity index (χ4v) is 5.02. The molecule has 1 aromatic carbocycles. The van der Waals surface area contributed by atoms with Crippen molar-refractivity contribution in [2.24, 2.45) is 5.92 Å². The number of piperidine rings is 2. The summed E-state index contributed by atoms with van der Waals surface area (Å²) in [4.78, 5) is 17.2. The van der Waals surface area contributed by atoms with Gasteiger partial charge in [-0.2, -0.15) is 0 Å². The molecule has 2 aliphatic heterocycles. The fraction of sp³-hybridized carbons (Fsp3) is 0.667. The lowest BCUT2D eigenvalue weighted by molar-refractivity contribution is -0.138. The lowest BCUT2D eigenvalue weighted by Crippen LogP contribution is -2.52. The smallest absolute Gasteiger partial charge is 0.225 e. The largest absolute Gasteiger partial charge is 0.398 e. The summed E-state index contributed by atoms with van der Waals surface area (Å²) in [5.74, 6) is 0.533. The minimum absolute atomic E-state index is 0. The molecule has 2 saturated heterocycles. The van der Waals surface area contributed by atoms with Crippen molar-refractivity contribution < 1.29 is 9.90 Å². The maximum absolute atomic E-state index is 12.8. The summed E-state index contributed by atoms with van der Waals surface area (Å²) in [6.07, 6.45) is 6.53. The second kappa shape index (κ2) is 8.80. The predicted molar refractivity (Wildman–Crippen MR) is 110 cm³/mol. The van der Waals surface area contributed by atoms with Crippen LogP contribution >= 0.6 is 12.4 Å². The maximum atomic E-state index is 12.8. The Kier molecular flexibility index (Phi) is 6.66. The first-order valence-corrected chi connectivity index (χ1v) is 10.2. The van der Waals surface area contributed by atoms with E-state index in [1.807, 2.05) is 12.1 Å². The molecule has 3 aliphatic rings. The Labute approximate surface area is 168 Å². The van der Waals surface area contributed by atoms with Crippen LogP contribution in [-0.4, -0.2) is 59.1 Å². The zero-order valence-corrected chi connectivity index (χ0v) is 16.8. The molecule has 0 unspecified atom stereocenters. The van der Waals surface area contributed by atoms with E-state index in [-0.39, 0.29) is 30.5 Å². The van der Waals surface area contributed by atoms with Crippen molar-refractivity contribution in [1.82, 2.24) is 9.80 Å². The van der Waals surface area contributed by atoms with Gasteiger partial charge in [0.15, 0.2) is 0 Å². The monoisotopic (exact) mass is 393 g/mol. The third kappa shape index (κ3) is 4.25. The SMILES string of the molecule is Cl.Nc1cccc2c1C[C@@H](N1CCC(C(=O)N3CCCCC3)CC1)[C@H](O)C2. The zero-order chi connectivity index (χ0) is 18.1. The van der Waals surface area contributed by atoms with Gasteiger partial charge >= 0.3 is 0 Å². The van der Waals surface area contributed by atoms with Gasteiger partial charge in [-0.15, -0.1) is 12.4 Å². The normalized spacial score (nSPS) is 26.9. The highest BCUT2D eigenvalue weighted by Crippen LogP contribution is 2.31. The molecule has 2 atom stereocenters. The quantitative estimate of drug-likeness (QED) is 0.756. The lowest BCUT2D eigenvalue weighted by Gasteiger charge is -2.42. The predicted octanol–water partition coefficient (Wildman–Crippen LogP) is 2.24. The van der Waals surface area contributed by atoms with Crippen molar-refractivity contribution in [3.8, 4) is 0 Å². The number of halogens is 1. The number of anilines is 1. The van der Waals surface area contributed by atoms with E-state index in [0.717, 1.165) is 64.0 Å². The number of rotatable bonds is 2. The third-order valence-corrected chi connectivity index (χ3v) is 6.61. The highest BCUT2D eigenvalue weighted by Gasteiger charge is 2.36. The van der Waals surface area contributed by atoms with Gasteiger partial charge in [-0.25, -0.2) is 0 Å². The van der Waals surface area contributed by atoms with Gasteiger partial charge in [-0.05, 0) is 68.8 Å². The average Bonchev–Trinajstić information content (AvgIpc) is 2.68. The Balaban J connectivity index is 0.00000210. The Morgan fingerprint density at radius 1 is 1.04 bits per heavy atom. The summed E-state index contributed by atoms with van der Waals surface area (Å²) in [7, 11) is 0. The molecule has 1 amide bonds. The van der Waals surface area contributed by atoms with E-state index in [2.05, 4.69) is 15.9 Å². The van der Waals surface area contributed by atoms with Crippen LogP contribution in [0.5, 0.6) is 0 Å². The van der Waals surface area contributed by atoms with Gasteiger partial charge in [-0.3, -0.25) is 9.69 Å². The molecule has 27 heavy (non-hydrogen) atoms. The number of hydrogen-bond donors (Lipinski definition) is 2. The van der Waals surface area contributed by atoms with Gasteiger partial charge < -0.3 is 15.7 Å². The molecule has 150 valence electrons. The molecule has 6 heteroatoms. The number of nitrogens with two attached hydrogens (primary N) is 1. The number of nitrogen functional groups attached to an aromatic ring is 1. The minimum atomic E-state index is -0.348. The van der Waals surface area contributed by atoms with Gasteiger partial charge in [-0.1, -0.05) is 12.1 Å². The molecule has 0 saturated carbocycles. The topological polar surface area (TPSA) is 69.8 Å². The van der Waals surface area contributed by atoms with Crippen molar-refractivity contribution in [3.05, 3.63) is 29.3 Å². The van der Waals surface area contributed by atoms with Crippen LogP contribution in [0.25, 0.3) is 0 Å². The van der Waals surface area contributed by atoms with Gasteiger partial charge in [0.2, 0.25) is 5.91 Å². The second-order valence-electron chi connectivity index (χ2n) is 8.22. The molecule has 0 radical (unpaired) electrons. The highest BCUT2D eigenvalue weighted by molar-refractivity contribution is 5.85. The molecule has 4 rings (SSSR count). The fourth-order valence-electron chi connectivity index (χ4n) is 5.02. The number of hydrogen-bond acceptors (Lipinski definition) is 4. The molecule has 0 spiro atoms. The summed E-state index contributed by atoms with van der Waals surface area (Å²) >= 11 is 0. The van der Waals surface area contributed by atoms with Crippen LogP contribution in [0, 0.1) is 5.92 Å². The van der Waals surface area contributed by atoms with Crippen LogP contribution in [-0.2, 0) is 17.6 Å². The highest BCUT2D eigenvalue weighted by atomic mass is 35.5. The molecule has 3 N–H and O–H groups in total. The van der Waals surface area contributed by atoms with Crippen LogP contribution < -0.4 is 5.73 Å². The second-order valence-corrected chi connectivity index (χ2v) is 8.22. The number of carbonyl (C=O) groups excluding carboxylic acids is 1. The van der Waals surface area contributed by atoms with E-state index >= 15 is 0 Å². The van der Waals surface area contributed by atoms with Crippen molar-refractivity contribution in [2.75, 3.05) is 31.9 Å². The minimum Gasteiger partial charge on any atom is -0.398 e. The van der Waals surface area contributed by atoms with Gasteiger partial charge in [0.25, 0.3) is 0 Å². The van der Waals surface area contributed by atoms with Gasteiger partial charge in [0.1, 0.15) is 0 Å². The van der Waals surface area contributed by atoms with E-state index < -0.39 is 0 Å². The van der Waals surface area contributed by atoms with E-state index in [0.29, 0.717) is 12.3 Å². The van der Waals surface area contributed by atoms with Crippen LogP contribution in [0.15, 0.2) is 18.2 Å². The van der Waals surface area contributed by atoms with Crippen molar-refractivity contribution in [1.29, 1.82) is 0 Å². The third-order valence-electron chi connectivity index (χ3n) is 6.61. The number of carbonyl (C=O) groups is 1. The Morgan fingerprint density at radius 3 is 2.44 bits per heavy atom. The van der Waals surface area contributed by atoms with Crippen molar-refractivity contribution in [2.45, 2.75) is 57.1 Å². The lowest BCUT2D eigenvalue weighted by atomic mass is 9.83. The van der Waals surface area contributed by atoms with Crippen LogP contribution in [0.3, 0.4) is 0 Å². The average molecular weight is 394 g/mol. The molecule has 2 fully saturated rings. The van der Waals surface area contributed by atoms with Crippen LogP contribution in [0.2, 0.25) is 0 Å². The number of fused-ring (bicyclic) bond motifs is 1. The van der Waals surface area contributed by atoms with Crippen LogP contribution in [0.4, 0.5) is 5.69 Å². The Bertz CT molecular complexity index is 655. The molecular weight excluding hydrogens is 362 g/mol. The van der Waals surface area contributed by atoms with E-state index in [1.165, 1.54) is 17.5 Å². The van der Waals surface area contributed by atoms with E-state index in [9.17, 15) is 9.90 Å². The summed E-state index contributed by atoms with van der Waals surface area (Å²) in [5.41, 5.74) is 9.40. The van der Waals surface area contributed by atoms with Crippen molar-refractivity contribution in [3.63, 3.8) is 0 Å². The summed E-state index contributed by atoms with van der Waals surface area (Å²) in [6, 6.07) is 6.13. The molecule has 5 nitrogen and oxygen atoms in total. The number of amides is 1. The number of likely N-dealkylation sites (tertiary alicyclic amines) is 2. The van der Waals surface area contributed by atoms with E-state index in [1.54, 1.807) is 0 Å². The first-order valence-electron chi connectivity index (χ1n) is 10.2. The van der Waals surface area contributed by atoms with E-state index in [4.69, 9.17) is 5.73 Å². The molecule has 1 aromatic rings. The summed E-state index contributed by atoms with van der Waals surface area (Å²) in [5, 5.41) is 10.7. The maximum Gasteiger partial charge on any atom is 0.225 e. The summed E-state index contributed by atoms with van der Waals surface area (Å²) in [6.45, 7) is 3.68. The number of aliphatic hydroxyl groups is 1. The zero-order valence-electron chi connectivity index (χ0n) is 16.0. The number of benzene rings is 1. The number of nitrogens with zero attached hydrogens (tertiary/aromatic N) is 2. The Hall–Kier alpha value is -1.30. The van der Waals surface area contributed by atoms with Gasteiger partial charge in [0, 0.05) is 37.2 Å². The van der Waals surface area contributed by atoms with Gasteiger partial charge in [0.05, 0.1) is 6.10 Å².